The fraction of sp³-hybridized carbons (Fsp3) is 0.385. The van der Waals surface area contributed by atoms with Crippen molar-refractivity contribution >= 4 is 11.3 Å². The summed E-state index contributed by atoms with van der Waals surface area (Å²) in [6, 6.07) is 5.82. The molecule has 98 valence electrons. The molecule has 0 radical (unpaired) electrons. The Hall–Kier alpha value is -1.14. The van der Waals surface area contributed by atoms with Crippen molar-refractivity contribution in [3.05, 3.63) is 46.5 Å². The van der Waals surface area contributed by atoms with Crippen molar-refractivity contribution in [3.8, 4) is 0 Å². The first-order chi connectivity index (χ1) is 8.78. The molecule has 0 spiro atoms. The van der Waals surface area contributed by atoms with Gasteiger partial charge in [0.15, 0.2) is 0 Å². The van der Waals surface area contributed by atoms with Gasteiger partial charge in [-0.1, -0.05) is 0 Å². The van der Waals surface area contributed by atoms with Crippen molar-refractivity contribution in [2.24, 2.45) is 0 Å². The van der Waals surface area contributed by atoms with E-state index in [2.05, 4.69) is 16.3 Å². The van der Waals surface area contributed by atoms with Gasteiger partial charge in [-0.2, -0.15) is 11.3 Å². The second-order valence-corrected chi connectivity index (χ2v) is 5.00. The molecular weight excluding hydrogens is 250 g/mol. The molecule has 0 saturated heterocycles. The quantitative estimate of drug-likeness (QED) is 0.801. The minimum atomic E-state index is -0.724. The summed E-state index contributed by atoms with van der Waals surface area (Å²) >= 11 is 1.65. The van der Waals surface area contributed by atoms with Crippen LogP contribution in [0, 0.1) is 0 Å². The van der Waals surface area contributed by atoms with Crippen LogP contribution in [-0.4, -0.2) is 34.4 Å². The van der Waals surface area contributed by atoms with Gasteiger partial charge in [0.05, 0.1) is 25.5 Å². The molecule has 2 aromatic heterocycles. The lowest BCUT2D eigenvalue weighted by molar-refractivity contribution is 0.0521. The Morgan fingerprint density at radius 3 is 2.83 bits per heavy atom. The summed E-state index contributed by atoms with van der Waals surface area (Å²) in [6.45, 7) is 1.56. The SMILES string of the molecule is OCC(O)CN(Cc1ccsc1)Cc1ccco1. The highest BCUT2D eigenvalue weighted by molar-refractivity contribution is 7.07. The predicted octanol–water partition coefficient (Wildman–Crippen LogP) is 1.70. The molecule has 2 rings (SSSR count). The fourth-order valence-corrected chi connectivity index (χ4v) is 2.46. The van der Waals surface area contributed by atoms with Crippen LogP contribution in [0.5, 0.6) is 0 Å². The van der Waals surface area contributed by atoms with Crippen LogP contribution in [0.1, 0.15) is 11.3 Å². The Kier molecular flexibility index (Phi) is 4.95. The Bertz CT molecular complexity index is 391. The van der Waals surface area contributed by atoms with Gasteiger partial charge < -0.3 is 14.6 Å². The number of hydrogen-bond donors (Lipinski definition) is 2. The van der Waals surface area contributed by atoms with Crippen molar-refractivity contribution in [1.29, 1.82) is 0 Å². The molecule has 4 nitrogen and oxygen atoms in total. The first-order valence-corrected chi connectivity index (χ1v) is 6.77. The molecule has 0 saturated carbocycles. The number of nitrogens with zero attached hydrogens (tertiary/aromatic N) is 1. The Morgan fingerprint density at radius 1 is 1.33 bits per heavy atom. The number of aliphatic hydroxyl groups is 2. The highest BCUT2D eigenvalue weighted by Crippen LogP contribution is 2.13. The summed E-state index contributed by atoms with van der Waals surface area (Å²) in [5.41, 5.74) is 1.21. The minimum Gasteiger partial charge on any atom is -0.468 e. The topological polar surface area (TPSA) is 56.8 Å². The van der Waals surface area contributed by atoms with E-state index >= 15 is 0 Å². The van der Waals surface area contributed by atoms with Crippen LogP contribution in [0.25, 0.3) is 0 Å². The van der Waals surface area contributed by atoms with Gasteiger partial charge in [0.2, 0.25) is 0 Å². The van der Waals surface area contributed by atoms with Crippen molar-refractivity contribution in [2.45, 2.75) is 19.2 Å². The number of furan rings is 1. The van der Waals surface area contributed by atoms with E-state index in [4.69, 9.17) is 9.52 Å². The van der Waals surface area contributed by atoms with E-state index in [1.807, 2.05) is 17.5 Å². The van der Waals surface area contributed by atoms with Gasteiger partial charge in [0.25, 0.3) is 0 Å². The second kappa shape index (κ2) is 6.70. The minimum absolute atomic E-state index is 0.224. The highest BCUT2D eigenvalue weighted by atomic mass is 32.1. The molecule has 2 heterocycles. The molecule has 0 bridgehead atoms. The lowest BCUT2D eigenvalue weighted by Gasteiger charge is -2.22. The molecule has 18 heavy (non-hydrogen) atoms. The van der Waals surface area contributed by atoms with Crippen LogP contribution in [0.2, 0.25) is 0 Å². The zero-order valence-corrected chi connectivity index (χ0v) is 10.8. The predicted molar refractivity (Wildman–Crippen MR) is 70.2 cm³/mol. The number of thiophene rings is 1. The van der Waals surface area contributed by atoms with Crippen molar-refractivity contribution in [2.75, 3.05) is 13.2 Å². The van der Waals surface area contributed by atoms with Gasteiger partial charge in [0.1, 0.15) is 5.76 Å². The van der Waals surface area contributed by atoms with E-state index in [1.54, 1.807) is 17.6 Å². The number of aliphatic hydroxyl groups excluding tert-OH is 2. The van der Waals surface area contributed by atoms with Gasteiger partial charge in [0, 0.05) is 13.1 Å². The smallest absolute Gasteiger partial charge is 0.117 e. The van der Waals surface area contributed by atoms with Crippen LogP contribution in [0.3, 0.4) is 0 Å². The highest BCUT2D eigenvalue weighted by Gasteiger charge is 2.13. The first-order valence-electron chi connectivity index (χ1n) is 5.82. The molecule has 0 aliphatic carbocycles. The van der Waals surface area contributed by atoms with Crippen LogP contribution in [0.15, 0.2) is 39.6 Å². The Morgan fingerprint density at radius 2 is 2.22 bits per heavy atom. The molecule has 2 aromatic rings. The maximum Gasteiger partial charge on any atom is 0.117 e. The van der Waals surface area contributed by atoms with E-state index in [1.165, 1.54) is 5.56 Å². The lowest BCUT2D eigenvalue weighted by atomic mass is 10.2. The van der Waals surface area contributed by atoms with E-state index in [-0.39, 0.29) is 6.61 Å². The maximum atomic E-state index is 9.57. The molecule has 0 amide bonds. The average Bonchev–Trinajstić information content (AvgIpc) is 3.02. The third-order valence-electron chi connectivity index (χ3n) is 2.63. The summed E-state index contributed by atoms with van der Waals surface area (Å²) in [5.74, 6) is 0.857. The van der Waals surface area contributed by atoms with Gasteiger partial charge in [-0.3, -0.25) is 4.90 Å². The molecule has 0 fully saturated rings. The molecule has 0 aliphatic rings. The van der Waals surface area contributed by atoms with E-state index in [0.29, 0.717) is 13.1 Å². The molecule has 1 atom stereocenters. The molecule has 2 N–H and O–H groups in total. The van der Waals surface area contributed by atoms with Crippen molar-refractivity contribution in [3.63, 3.8) is 0 Å². The largest absolute Gasteiger partial charge is 0.468 e. The zero-order chi connectivity index (χ0) is 12.8. The number of hydrogen-bond acceptors (Lipinski definition) is 5. The summed E-state index contributed by atoms with van der Waals surface area (Å²) in [7, 11) is 0. The standard InChI is InChI=1S/C13H17NO3S/c15-9-12(16)7-14(6-11-3-5-18-10-11)8-13-2-1-4-17-13/h1-5,10,12,15-16H,6-9H2. The summed E-state index contributed by atoms with van der Waals surface area (Å²) in [4.78, 5) is 2.06. The molecule has 1 unspecified atom stereocenters. The summed E-state index contributed by atoms with van der Waals surface area (Å²) in [5, 5.41) is 22.6. The van der Waals surface area contributed by atoms with Gasteiger partial charge in [-0.15, -0.1) is 0 Å². The second-order valence-electron chi connectivity index (χ2n) is 4.22. The normalized spacial score (nSPS) is 13.1. The Labute approximate surface area is 110 Å². The molecular formula is C13H17NO3S. The monoisotopic (exact) mass is 267 g/mol. The zero-order valence-electron chi connectivity index (χ0n) is 10.0. The summed E-state index contributed by atoms with van der Waals surface area (Å²) < 4.78 is 5.32. The van der Waals surface area contributed by atoms with Crippen LogP contribution < -0.4 is 0 Å². The third-order valence-corrected chi connectivity index (χ3v) is 3.36. The van der Waals surface area contributed by atoms with Crippen LogP contribution in [0.4, 0.5) is 0 Å². The lowest BCUT2D eigenvalue weighted by Crippen LogP contribution is -2.33. The van der Waals surface area contributed by atoms with Crippen molar-refractivity contribution in [1.82, 2.24) is 4.90 Å². The van der Waals surface area contributed by atoms with E-state index < -0.39 is 6.10 Å². The van der Waals surface area contributed by atoms with E-state index in [0.717, 1.165) is 12.3 Å². The molecule has 0 aromatic carbocycles. The fourth-order valence-electron chi connectivity index (χ4n) is 1.80. The Balaban J connectivity index is 1.97. The maximum absolute atomic E-state index is 9.57. The molecule has 5 heteroatoms. The van der Waals surface area contributed by atoms with Crippen molar-refractivity contribution < 1.29 is 14.6 Å². The van der Waals surface area contributed by atoms with Gasteiger partial charge >= 0.3 is 0 Å². The van der Waals surface area contributed by atoms with Crippen LogP contribution >= 0.6 is 11.3 Å². The van der Waals surface area contributed by atoms with Crippen LogP contribution in [-0.2, 0) is 13.1 Å². The van der Waals surface area contributed by atoms with E-state index in [9.17, 15) is 5.11 Å². The van der Waals surface area contributed by atoms with Gasteiger partial charge in [-0.25, -0.2) is 0 Å². The van der Waals surface area contributed by atoms with Gasteiger partial charge in [-0.05, 0) is 34.5 Å². The third kappa shape index (κ3) is 3.96. The first kappa shape index (κ1) is 13.3. The average molecular weight is 267 g/mol. The number of rotatable bonds is 7. The summed E-state index contributed by atoms with van der Waals surface area (Å²) in [6.07, 6.45) is 0.916. The molecule has 0 aliphatic heterocycles.